The maximum atomic E-state index is 13.9. The van der Waals surface area contributed by atoms with E-state index in [9.17, 15) is 9.59 Å². The zero-order valence-corrected chi connectivity index (χ0v) is 19.8. The van der Waals surface area contributed by atoms with Gasteiger partial charge in [-0.25, -0.2) is 0 Å². The predicted molar refractivity (Wildman–Crippen MR) is 124 cm³/mol. The molecule has 1 heterocycles. The van der Waals surface area contributed by atoms with E-state index in [1.807, 2.05) is 41.8 Å². The van der Waals surface area contributed by atoms with E-state index in [0.717, 1.165) is 56.9 Å². The molecule has 0 unspecified atom stereocenters. The highest BCUT2D eigenvalue weighted by atomic mass is 16.5. The number of ether oxygens (including phenoxy) is 2. The average Bonchev–Trinajstić information content (AvgIpc) is 2.81. The molecule has 1 atom stereocenters. The zero-order chi connectivity index (χ0) is 22.7. The summed E-state index contributed by atoms with van der Waals surface area (Å²) in [5.74, 6) is 1.43. The minimum Gasteiger partial charge on any atom is -0.493 e. The lowest BCUT2D eigenvalue weighted by atomic mass is 9.88. The molecular formula is C26H38N2O4. The van der Waals surface area contributed by atoms with Gasteiger partial charge in [0, 0.05) is 12.1 Å². The van der Waals surface area contributed by atoms with Gasteiger partial charge in [-0.1, -0.05) is 44.6 Å². The van der Waals surface area contributed by atoms with E-state index in [-0.39, 0.29) is 36.5 Å². The van der Waals surface area contributed by atoms with Crippen LogP contribution in [0.5, 0.6) is 11.5 Å². The molecule has 0 aromatic heterocycles. The summed E-state index contributed by atoms with van der Waals surface area (Å²) in [6.45, 7) is 4.18. The number of rotatable bonds is 6. The van der Waals surface area contributed by atoms with Gasteiger partial charge in [-0.15, -0.1) is 0 Å². The molecular weight excluding hydrogens is 404 g/mol. The van der Waals surface area contributed by atoms with Gasteiger partial charge < -0.3 is 19.3 Å². The minimum atomic E-state index is -0.580. The van der Waals surface area contributed by atoms with Gasteiger partial charge in [-0.2, -0.15) is 0 Å². The second-order valence-corrected chi connectivity index (χ2v) is 9.83. The van der Waals surface area contributed by atoms with Crippen molar-refractivity contribution in [2.45, 2.75) is 102 Å². The van der Waals surface area contributed by atoms with Gasteiger partial charge in [0.2, 0.25) is 5.91 Å². The van der Waals surface area contributed by atoms with Crippen molar-refractivity contribution in [2.75, 3.05) is 13.7 Å². The first-order valence-electron chi connectivity index (χ1n) is 12.5. The Morgan fingerprint density at radius 1 is 0.875 bits per heavy atom. The lowest BCUT2D eigenvalue weighted by Gasteiger charge is -2.48. The summed E-state index contributed by atoms with van der Waals surface area (Å²) in [7, 11) is 1.62. The second-order valence-electron chi connectivity index (χ2n) is 9.83. The molecule has 6 heteroatoms. The van der Waals surface area contributed by atoms with Crippen LogP contribution in [-0.2, 0) is 9.59 Å². The molecule has 176 valence electrons. The van der Waals surface area contributed by atoms with Crippen molar-refractivity contribution >= 4 is 11.8 Å². The summed E-state index contributed by atoms with van der Waals surface area (Å²) in [5.41, 5.74) is 0.822. The summed E-state index contributed by atoms with van der Waals surface area (Å²) in [6, 6.07) is 5.45. The molecule has 0 bridgehead atoms. The fourth-order valence-corrected chi connectivity index (χ4v) is 5.71. The summed E-state index contributed by atoms with van der Waals surface area (Å²) >= 11 is 0. The highest BCUT2D eigenvalue weighted by Gasteiger charge is 2.45. The highest BCUT2D eigenvalue weighted by Crippen LogP contribution is 2.39. The van der Waals surface area contributed by atoms with E-state index >= 15 is 0 Å². The third-order valence-corrected chi connectivity index (χ3v) is 7.24. The van der Waals surface area contributed by atoms with Crippen molar-refractivity contribution in [1.82, 2.24) is 9.80 Å². The highest BCUT2D eigenvalue weighted by molar-refractivity contribution is 5.96. The number of nitrogens with zero attached hydrogens (tertiary/aromatic N) is 2. The maximum absolute atomic E-state index is 13.9. The zero-order valence-electron chi connectivity index (χ0n) is 19.8. The predicted octanol–water partition coefficient (Wildman–Crippen LogP) is 4.86. The van der Waals surface area contributed by atoms with Crippen molar-refractivity contribution in [3.05, 3.63) is 23.8 Å². The number of carbonyl (C=O) groups excluding carboxylic acids is 2. The molecule has 0 N–H and O–H groups in total. The fourth-order valence-electron chi connectivity index (χ4n) is 5.71. The first-order chi connectivity index (χ1) is 15.5. The largest absolute Gasteiger partial charge is 0.493 e. The molecule has 32 heavy (non-hydrogen) atoms. The first kappa shape index (κ1) is 22.9. The number of hydrogen-bond donors (Lipinski definition) is 0. The molecule has 0 spiro atoms. The molecule has 2 saturated carbocycles. The summed E-state index contributed by atoms with van der Waals surface area (Å²) in [5, 5.41) is 0. The molecule has 2 aliphatic carbocycles. The molecule has 1 aromatic rings. The Bertz CT molecular complexity index is 812. The Hall–Kier alpha value is -2.24. The number of methoxy groups -OCH3 is 1. The molecule has 1 aromatic carbocycles. The van der Waals surface area contributed by atoms with E-state index in [2.05, 4.69) is 0 Å². The fraction of sp³-hybridized carbons (Fsp3) is 0.692. The van der Waals surface area contributed by atoms with Gasteiger partial charge in [-0.3, -0.25) is 9.59 Å². The minimum absolute atomic E-state index is 0.0215. The summed E-state index contributed by atoms with van der Waals surface area (Å²) < 4.78 is 11.5. The smallest absolute Gasteiger partial charge is 0.250 e. The number of carbonyl (C=O) groups is 2. The van der Waals surface area contributed by atoms with Gasteiger partial charge in [-0.05, 0) is 57.2 Å². The lowest BCUT2D eigenvalue weighted by Crippen LogP contribution is -2.61. The van der Waals surface area contributed by atoms with Crippen molar-refractivity contribution in [2.24, 2.45) is 0 Å². The third kappa shape index (κ3) is 4.74. The molecule has 3 fully saturated rings. The topological polar surface area (TPSA) is 59.1 Å². The first-order valence-corrected chi connectivity index (χ1v) is 12.5. The number of amides is 2. The number of benzene rings is 1. The summed E-state index contributed by atoms with van der Waals surface area (Å²) in [4.78, 5) is 31.3. The third-order valence-electron chi connectivity index (χ3n) is 7.24. The normalized spacial score (nSPS) is 23.7. The second kappa shape index (κ2) is 10.1. The van der Waals surface area contributed by atoms with Gasteiger partial charge in [0.1, 0.15) is 12.6 Å². The molecule has 3 aliphatic rings. The van der Waals surface area contributed by atoms with E-state index in [0.29, 0.717) is 11.5 Å². The average molecular weight is 443 g/mol. The van der Waals surface area contributed by atoms with Crippen LogP contribution in [0, 0.1) is 0 Å². The molecule has 2 amide bonds. The van der Waals surface area contributed by atoms with Crippen LogP contribution in [0.25, 0.3) is 0 Å². The number of piperazine rings is 1. The van der Waals surface area contributed by atoms with Gasteiger partial charge in [0.15, 0.2) is 11.5 Å². The summed E-state index contributed by atoms with van der Waals surface area (Å²) in [6.07, 6.45) is 10.9. The Morgan fingerprint density at radius 3 is 2.09 bits per heavy atom. The molecule has 6 nitrogen and oxygen atoms in total. The van der Waals surface area contributed by atoms with Crippen molar-refractivity contribution in [3.8, 4) is 11.5 Å². The Labute approximate surface area is 192 Å². The van der Waals surface area contributed by atoms with Crippen LogP contribution in [0.15, 0.2) is 18.2 Å². The van der Waals surface area contributed by atoms with Crippen LogP contribution in [0.4, 0.5) is 0 Å². The standard InChI is InChI=1S/C26H38N2O4/c1-18(2)32-22-15-14-19(16-23(22)31-3)25-26(30)27(20-10-6-4-7-11-20)17-24(29)28(25)21-12-8-5-9-13-21/h14-16,18,20-21,25H,4-13,17H2,1-3H3/t25-/m1/s1. The van der Waals surface area contributed by atoms with Crippen LogP contribution in [0.2, 0.25) is 0 Å². The van der Waals surface area contributed by atoms with E-state index in [4.69, 9.17) is 9.47 Å². The van der Waals surface area contributed by atoms with Crippen LogP contribution in [0.1, 0.15) is 89.7 Å². The van der Waals surface area contributed by atoms with E-state index in [1.165, 1.54) is 12.8 Å². The quantitative estimate of drug-likeness (QED) is 0.631. The van der Waals surface area contributed by atoms with Crippen LogP contribution in [0.3, 0.4) is 0 Å². The maximum Gasteiger partial charge on any atom is 0.250 e. The van der Waals surface area contributed by atoms with Gasteiger partial charge in [0.25, 0.3) is 5.91 Å². The van der Waals surface area contributed by atoms with Crippen molar-refractivity contribution in [3.63, 3.8) is 0 Å². The van der Waals surface area contributed by atoms with Crippen LogP contribution in [-0.4, -0.2) is 53.5 Å². The van der Waals surface area contributed by atoms with E-state index < -0.39 is 6.04 Å². The Kier molecular flexibility index (Phi) is 7.27. The van der Waals surface area contributed by atoms with Crippen LogP contribution >= 0.6 is 0 Å². The molecule has 1 aliphatic heterocycles. The van der Waals surface area contributed by atoms with Gasteiger partial charge in [0.05, 0.1) is 13.2 Å². The van der Waals surface area contributed by atoms with Crippen LogP contribution < -0.4 is 9.47 Å². The molecule has 1 saturated heterocycles. The monoisotopic (exact) mass is 442 g/mol. The SMILES string of the molecule is COc1cc([C@@H]2C(=O)N(C3CCCCC3)CC(=O)N2C2CCCCC2)ccc1OC(C)C. The Morgan fingerprint density at radius 2 is 1.50 bits per heavy atom. The van der Waals surface area contributed by atoms with Gasteiger partial charge >= 0.3 is 0 Å². The Balaban J connectivity index is 1.70. The van der Waals surface area contributed by atoms with Crippen molar-refractivity contribution < 1.29 is 19.1 Å². The molecule has 0 radical (unpaired) electrons. The molecule has 4 rings (SSSR count). The van der Waals surface area contributed by atoms with E-state index in [1.54, 1.807) is 7.11 Å². The lowest BCUT2D eigenvalue weighted by molar-refractivity contribution is -0.162. The van der Waals surface area contributed by atoms with Crippen molar-refractivity contribution in [1.29, 1.82) is 0 Å². The number of hydrogen-bond acceptors (Lipinski definition) is 4.